The number of hydrogen-bond acceptors (Lipinski definition) is 6. The average Bonchev–Trinajstić information content (AvgIpc) is 2.72. The lowest BCUT2D eigenvalue weighted by Crippen LogP contribution is -2.20. The maximum Gasteiger partial charge on any atom is 0.453 e. The van der Waals surface area contributed by atoms with Gasteiger partial charge in [0.1, 0.15) is 17.1 Å². The molecule has 176 valence electrons. The summed E-state index contributed by atoms with van der Waals surface area (Å²) in [7, 11) is 0. The number of halogens is 3. The third-order valence-electron chi connectivity index (χ3n) is 4.76. The van der Waals surface area contributed by atoms with Crippen LogP contribution >= 0.6 is 0 Å². The van der Waals surface area contributed by atoms with Crippen LogP contribution in [0.25, 0.3) is 11.0 Å². The predicted molar refractivity (Wildman–Crippen MR) is 115 cm³/mol. The van der Waals surface area contributed by atoms with Gasteiger partial charge in [-0.25, -0.2) is 4.79 Å². The maximum atomic E-state index is 13.7. The standard InChI is InChI=1S/C24H23F3O6/c1-5-15(4)31-20(28)12-30-16-6-7-18-19(11-16)33-23(24(25,26)27)22(21(18)29)32-17-9-13(2)8-14(3)10-17/h6-11,15H,5,12H2,1-4H3. The van der Waals surface area contributed by atoms with Crippen molar-refractivity contribution in [2.24, 2.45) is 0 Å². The Kier molecular flexibility index (Phi) is 7.00. The van der Waals surface area contributed by atoms with Crippen LogP contribution in [0, 0.1) is 13.8 Å². The summed E-state index contributed by atoms with van der Waals surface area (Å²) < 4.78 is 62.0. The molecule has 0 spiro atoms. The third-order valence-corrected chi connectivity index (χ3v) is 4.76. The molecule has 33 heavy (non-hydrogen) atoms. The molecule has 0 amide bonds. The summed E-state index contributed by atoms with van der Waals surface area (Å²) in [5, 5.41) is -0.128. The van der Waals surface area contributed by atoms with Gasteiger partial charge < -0.3 is 18.6 Å². The molecule has 0 N–H and O–H groups in total. The van der Waals surface area contributed by atoms with Crippen LogP contribution in [-0.2, 0) is 15.7 Å². The zero-order valence-electron chi connectivity index (χ0n) is 18.5. The van der Waals surface area contributed by atoms with E-state index in [2.05, 4.69) is 0 Å². The number of carbonyl (C=O) groups is 1. The minimum Gasteiger partial charge on any atom is -0.482 e. The fourth-order valence-corrected chi connectivity index (χ4v) is 3.12. The number of aryl methyl sites for hydroxylation is 2. The van der Waals surface area contributed by atoms with Crippen molar-refractivity contribution < 1.29 is 36.6 Å². The quantitative estimate of drug-likeness (QED) is 0.403. The first-order valence-electron chi connectivity index (χ1n) is 10.2. The van der Waals surface area contributed by atoms with Gasteiger partial charge in [-0.05, 0) is 62.6 Å². The summed E-state index contributed by atoms with van der Waals surface area (Å²) in [4.78, 5) is 24.7. The van der Waals surface area contributed by atoms with Crippen molar-refractivity contribution in [3.63, 3.8) is 0 Å². The second kappa shape index (κ2) is 9.56. The van der Waals surface area contributed by atoms with Gasteiger partial charge in [0.15, 0.2) is 6.61 Å². The van der Waals surface area contributed by atoms with E-state index in [1.54, 1.807) is 20.8 Å². The van der Waals surface area contributed by atoms with Crippen LogP contribution < -0.4 is 14.9 Å². The Morgan fingerprint density at radius 3 is 2.33 bits per heavy atom. The predicted octanol–water partition coefficient (Wildman–Crippen LogP) is 5.94. The van der Waals surface area contributed by atoms with Gasteiger partial charge in [-0.1, -0.05) is 13.0 Å². The van der Waals surface area contributed by atoms with Crippen LogP contribution in [0.2, 0.25) is 0 Å². The summed E-state index contributed by atoms with van der Waals surface area (Å²) in [6, 6.07) is 8.58. The van der Waals surface area contributed by atoms with Crippen molar-refractivity contribution in [3.8, 4) is 17.2 Å². The van der Waals surface area contributed by atoms with Gasteiger partial charge in [-0.3, -0.25) is 4.79 Å². The lowest BCUT2D eigenvalue weighted by atomic mass is 10.1. The van der Waals surface area contributed by atoms with Crippen molar-refractivity contribution in [1.29, 1.82) is 0 Å². The van der Waals surface area contributed by atoms with E-state index in [1.165, 1.54) is 24.3 Å². The molecule has 3 aromatic rings. The molecule has 0 bridgehead atoms. The zero-order valence-corrected chi connectivity index (χ0v) is 18.5. The van der Waals surface area contributed by atoms with Gasteiger partial charge in [-0.2, -0.15) is 13.2 Å². The van der Waals surface area contributed by atoms with E-state index >= 15 is 0 Å². The van der Waals surface area contributed by atoms with Crippen molar-refractivity contribution in [2.75, 3.05) is 6.61 Å². The van der Waals surface area contributed by atoms with Crippen LogP contribution in [0.1, 0.15) is 37.2 Å². The molecular formula is C24H23F3O6. The zero-order chi connectivity index (χ0) is 24.3. The summed E-state index contributed by atoms with van der Waals surface area (Å²) in [5.41, 5.74) is 0.188. The van der Waals surface area contributed by atoms with Gasteiger partial charge in [0, 0.05) is 6.07 Å². The molecule has 6 nitrogen and oxygen atoms in total. The number of carbonyl (C=O) groups excluding carboxylic acids is 1. The molecule has 0 radical (unpaired) electrons. The Labute approximate surface area is 187 Å². The highest BCUT2D eigenvalue weighted by molar-refractivity contribution is 5.80. The molecular weight excluding hydrogens is 441 g/mol. The summed E-state index contributed by atoms with van der Waals surface area (Å²) in [6.45, 7) is 6.64. The molecule has 0 aliphatic rings. The molecule has 0 aliphatic carbocycles. The Balaban J connectivity index is 1.98. The molecule has 1 unspecified atom stereocenters. The van der Waals surface area contributed by atoms with E-state index in [0.717, 1.165) is 17.2 Å². The first-order valence-corrected chi connectivity index (χ1v) is 10.2. The molecule has 2 aromatic carbocycles. The van der Waals surface area contributed by atoms with Crippen LogP contribution in [0.15, 0.2) is 45.6 Å². The number of esters is 1. The van der Waals surface area contributed by atoms with Crippen molar-refractivity contribution in [2.45, 2.75) is 46.4 Å². The van der Waals surface area contributed by atoms with Crippen LogP contribution in [0.4, 0.5) is 13.2 Å². The van der Waals surface area contributed by atoms with Crippen LogP contribution in [0.3, 0.4) is 0 Å². The highest BCUT2D eigenvalue weighted by Gasteiger charge is 2.40. The van der Waals surface area contributed by atoms with Crippen LogP contribution in [0.5, 0.6) is 17.2 Å². The maximum absolute atomic E-state index is 13.7. The molecule has 9 heteroatoms. The van der Waals surface area contributed by atoms with E-state index in [4.69, 9.17) is 18.6 Å². The number of alkyl halides is 3. The van der Waals surface area contributed by atoms with Gasteiger partial charge in [-0.15, -0.1) is 0 Å². The molecule has 3 rings (SSSR count). The molecule has 1 heterocycles. The highest BCUT2D eigenvalue weighted by Crippen LogP contribution is 2.39. The molecule has 0 fully saturated rings. The van der Waals surface area contributed by atoms with Gasteiger partial charge in [0.2, 0.25) is 11.2 Å². The van der Waals surface area contributed by atoms with Gasteiger partial charge in [0.05, 0.1) is 11.5 Å². The lowest BCUT2D eigenvalue weighted by Gasteiger charge is -2.14. The third kappa shape index (κ3) is 5.85. The topological polar surface area (TPSA) is 75.0 Å². The highest BCUT2D eigenvalue weighted by atomic mass is 19.4. The normalized spacial score (nSPS) is 12.5. The van der Waals surface area contributed by atoms with Crippen molar-refractivity contribution in [1.82, 2.24) is 0 Å². The molecule has 1 aromatic heterocycles. The molecule has 0 saturated heterocycles. The van der Waals surface area contributed by atoms with Crippen molar-refractivity contribution in [3.05, 3.63) is 63.5 Å². The second-order valence-electron chi connectivity index (χ2n) is 7.67. The Morgan fingerprint density at radius 1 is 1.06 bits per heavy atom. The van der Waals surface area contributed by atoms with E-state index in [1.807, 2.05) is 13.0 Å². The molecule has 0 aliphatic heterocycles. The van der Waals surface area contributed by atoms with E-state index < -0.39 is 35.7 Å². The first-order chi connectivity index (χ1) is 15.5. The number of fused-ring (bicyclic) bond motifs is 1. The summed E-state index contributed by atoms with van der Waals surface area (Å²) >= 11 is 0. The fraction of sp³-hybridized carbons (Fsp3) is 0.333. The lowest BCUT2D eigenvalue weighted by molar-refractivity contribution is -0.154. The summed E-state index contributed by atoms with van der Waals surface area (Å²) in [5.74, 6) is -3.01. The van der Waals surface area contributed by atoms with E-state index in [9.17, 15) is 22.8 Å². The number of benzene rings is 2. The van der Waals surface area contributed by atoms with E-state index in [-0.39, 0.29) is 28.6 Å². The second-order valence-corrected chi connectivity index (χ2v) is 7.67. The monoisotopic (exact) mass is 464 g/mol. The van der Waals surface area contributed by atoms with Crippen molar-refractivity contribution >= 4 is 16.9 Å². The minimum absolute atomic E-state index is 0.0443. The molecule has 0 saturated carbocycles. The number of ether oxygens (including phenoxy) is 3. The molecule has 1 atom stereocenters. The summed E-state index contributed by atoms with van der Waals surface area (Å²) in [6.07, 6.45) is -4.65. The first kappa shape index (κ1) is 24.2. The fourth-order valence-electron chi connectivity index (χ4n) is 3.12. The Hall–Kier alpha value is -3.49. The smallest absolute Gasteiger partial charge is 0.453 e. The average molecular weight is 464 g/mol. The largest absolute Gasteiger partial charge is 0.482 e. The van der Waals surface area contributed by atoms with E-state index in [0.29, 0.717) is 6.42 Å². The SMILES string of the molecule is CCC(C)OC(=O)COc1ccc2c(=O)c(Oc3cc(C)cc(C)c3)c(C(F)(F)F)oc2c1. The minimum atomic E-state index is -4.99. The number of rotatable bonds is 7. The van der Waals surface area contributed by atoms with Crippen LogP contribution in [-0.4, -0.2) is 18.7 Å². The Morgan fingerprint density at radius 2 is 1.73 bits per heavy atom. The van der Waals surface area contributed by atoms with Gasteiger partial charge >= 0.3 is 12.1 Å². The Bertz CT molecular complexity index is 1210. The number of hydrogen-bond donors (Lipinski definition) is 0. The van der Waals surface area contributed by atoms with Gasteiger partial charge in [0.25, 0.3) is 5.76 Å².